The first-order valence-electron chi connectivity index (χ1n) is 7.83. The second-order valence-corrected chi connectivity index (χ2v) is 6.22. The van der Waals surface area contributed by atoms with Crippen molar-refractivity contribution in [3.8, 4) is 0 Å². The summed E-state index contributed by atoms with van der Waals surface area (Å²) in [6, 6.07) is 5.07. The summed E-state index contributed by atoms with van der Waals surface area (Å²) >= 11 is 0. The van der Waals surface area contributed by atoms with Crippen LogP contribution in [0.1, 0.15) is 25.0 Å². The van der Waals surface area contributed by atoms with Crippen LogP contribution in [0.15, 0.2) is 18.2 Å². The van der Waals surface area contributed by atoms with Gasteiger partial charge in [0, 0.05) is 11.7 Å². The van der Waals surface area contributed by atoms with Crippen molar-refractivity contribution in [2.45, 2.75) is 33.7 Å². The topological polar surface area (TPSA) is 90.5 Å². The third kappa shape index (κ3) is 7.23. The molecule has 0 aliphatic rings. The van der Waals surface area contributed by atoms with E-state index in [9.17, 15) is 14.4 Å². The summed E-state index contributed by atoms with van der Waals surface area (Å²) in [5, 5.41) is 7.63. The molecule has 24 heavy (non-hydrogen) atoms. The minimum Gasteiger partial charge on any atom is -0.353 e. The first-order valence-corrected chi connectivity index (χ1v) is 7.83. The minimum absolute atomic E-state index is 0.0447. The van der Waals surface area contributed by atoms with Crippen molar-refractivity contribution in [3.05, 3.63) is 29.3 Å². The highest BCUT2D eigenvalue weighted by Crippen LogP contribution is 2.15. The number of likely N-dealkylation sites (N-methyl/N-ethyl adjacent to an activating group) is 1. The van der Waals surface area contributed by atoms with E-state index in [-0.39, 0.29) is 25.0 Å². The van der Waals surface area contributed by atoms with Crippen molar-refractivity contribution in [2.24, 2.45) is 0 Å². The molecule has 1 rings (SSSR count). The third-order valence-corrected chi connectivity index (χ3v) is 3.16. The number of nitrogens with zero attached hydrogens (tertiary/aromatic N) is 1. The van der Waals surface area contributed by atoms with Crippen molar-refractivity contribution >= 4 is 23.5 Å². The van der Waals surface area contributed by atoms with Gasteiger partial charge in [-0.25, -0.2) is 4.79 Å². The maximum Gasteiger partial charge on any atom is 0.325 e. The summed E-state index contributed by atoms with van der Waals surface area (Å²) in [4.78, 5) is 36.9. The largest absolute Gasteiger partial charge is 0.353 e. The van der Waals surface area contributed by atoms with Crippen molar-refractivity contribution in [1.82, 2.24) is 15.5 Å². The molecule has 0 spiro atoms. The molecule has 7 nitrogen and oxygen atoms in total. The molecule has 0 heterocycles. The van der Waals surface area contributed by atoms with Gasteiger partial charge in [-0.3, -0.25) is 19.8 Å². The summed E-state index contributed by atoms with van der Waals surface area (Å²) in [6.45, 7) is 7.61. The zero-order valence-electron chi connectivity index (χ0n) is 14.9. The molecule has 1 aromatic rings. The number of carbonyl (C=O) groups excluding carboxylic acids is 3. The number of hydrogen-bond donors (Lipinski definition) is 3. The van der Waals surface area contributed by atoms with Gasteiger partial charge in [-0.1, -0.05) is 17.7 Å². The van der Waals surface area contributed by atoms with E-state index in [1.165, 1.54) is 4.90 Å². The molecule has 7 heteroatoms. The number of rotatable bonds is 6. The number of urea groups is 1. The molecule has 0 bridgehead atoms. The summed E-state index contributed by atoms with van der Waals surface area (Å²) in [6.07, 6.45) is 0. The lowest BCUT2D eigenvalue weighted by molar-refractivity contribution is -0.124. The van der Waals surface area contributed by atoms with Crippen LogP contribution in [0.4, 0.5) is 10.5 Å². The van der Waals surface area contributed by atoms with Crippen LogP contribution in [-0.2, 0) is 9.59 Å². The van der Waals surface area contributed by atoms with Crippen LogP contribution in [0.25, 0.3) is 0 Å². The molecule has 0 unspecified atom stereocenters. The van der Waals surface area contributed by atoms with Crippen molar-refractivity contribution in [2.75, 3.05) is 25.5 Å². The van der Waals surface area contributed by atoms with Gasteiger partial charge >= 0.3 is 6.03 Å². The van der Waals surface area contributed by atoms with E-state index in [1.807, 2.05) is 39.8 Å². The quantitative estimate of drug-likeness (QED) is 0.733. The number of benzene rings is 1. The fourth-order valence-corrected chi connectivity index (χ4v) is 2.19. The maximum absolute atomic E-state index is 11.9. The van der Waals surface area contributed by atoms with Gasteiger partial charge in [0.15, 0.2) is 0 Å². The predicted octanol–water partition coefficient (Wildman–Crippen LogP) is 1.41. The van der Waals surface area contributed by atoms with Gasteiger partial charge < -0.3 is 10.6 Å². The van der Waals surface area contributed by atoms with Crippen LogP contribution in [0.5, 0.6) is 0 Å². The Bertz CT molecular complexity index is 614. The average Bonchev–Trinajstić information content (AvgIpc) is 2.40. The van der Waals surface area contributed by atoms with Crippen LogP contribution < -0.4 is 16.0 Å². The lowest BCUT2D eigenvalue weighted by Gasteiger charge is -2.17. The number of hydrogen-bond acceptors (Lipinski definition) is 4. The van der Waals surface area contributed by atoms with Crippen LogP contribution in [0.2, 0.25) is 0 Å². The maximum atomic E-state index is 11.9. The molecule has 1 aromatic carbocycles. The highest BCUT2D eigenvalue weighted by molar-refractivity contribution is 6.02. The van der Waals surface area contributed by atoms with Crippen LogP contribution in [0.3, 0.4) is 0 Å². The highest BCUT2D eigenvalue weighted by atomic mass is 16.2. The Morgan fingerprint density at radius 3 is 2.29 bits per heavy atom. The fourth-order valence-electron chi connectivity index (χ4n) is 2.19. The van der Waals surface area contributed by atoms with Crippen molar-refractivity contribution in [1.29, 1.82) is 0 Å². The number of nitrogens with one attached hydrogen (secondary N) is 3. The van der Waals surface area contributed by atoms with Crippen LogP contribution >= 0.6 is 0 Å². The van der Waals surface area contributed by atoms with Crippen molar-refractivity contribution in [3.63, 3.8) is 0 Å². The normalized spacial score (nSPS) is 10.6. The third-order valence-electron chi connectivity index (χ3n) is 3.16. The molecule has 0 atom stereocenters. The van der Waals surface area contributed by atoms with Crippen molar-refractivity contribution < 1.29 is 14.4 Å². The summed E-state index contributed by atoms with van der Waals surface area (Å²) in [5.74, 6) is -0.642. The second kappa shape index (κ2) is 9.02. The van der Waals surface area contributed by atoms with Gasteiger partial charge in [-0.15, -0.1) is 0 Å². The van der Waals surface area contributed by atoms with E-state index in [2.05, 4.69) is 16.0 Å². The zero-order chi connectivity index (χ0) is 18.3. The summed E-state index contributed by atoms with van der Waals surface area (Å²) in [5.41, 5.74) is 2.66. The molecule has 0 saturated carbocycles. The van der Waals surface area contributed by atoms with Gasteiger partial charge in [0.1, 0.15) is 0 Å². The lowest BCUT2D eigenvalue weighted by Crippen LogP contribution is -2.44. The van der Waals surface area contributed by atoms with E-state index in [0.717, 1.165) is 11.1 Å². The van der Waals surface area contributed by atoms with Gasteiger partial charge in [-0.05, 0) is 46.4 Å². The Morgan fingerprint density at radius 1 is 1.08 bits per heavy atom. The summed E-state index contributed by atoms with van der Waals surface area (Å²) < 4.78 is 0. The molecule has 0 radical (unpaired) electrons. The molecular formula is C17H26N4O3. The molecule has 0 aromatic heterocycles. The first-order chi connectivity index (χ1) is 11.2. The molecule has 3 N–H and O–H groups in total. The zero-order valence-corrected chi connectivity index (χ0v) is 14.9. The van der Waals surface area contributed by atoms with Gasteiger partial charge in [0.05, 0.1) is 13.1 Å². The number of amides is 4. The van der Waals surface area contributed by atoms with Crippen LogP contribution in [0, 0.1) is 13.8 Å². The smallest absolute Gasteiger partial charge is 0.325 e. The summed E-state index contributed by atoms with van der Waals surface area (Å²) in [7, 11) is 1.64. The Kier molecular flexibility index (Phi) is 7.38. The lowest BCUT2D eigenvalue weighted by atomic mass is 10.1. The number of aryl methyl sites for hydroxylation is 2. The molecule has 4 amide bonds. The van der Waals surface area contributed by atoms with Gasteiger partial charge in [0.25, 0.3) is 0 Å². The average molecular weight is 334 g/mol. The molecule has 0 fully saturated rings. The Labute approximate surface area is 142 Å². The number of imide groups is 1. The molecule has 132 valence electrons. The monoisotopic (exact) mass is 334 g/mol. The Morgan fingerprint density at radius 2 is 1.71 bits per heavy atom. The Balaban J connectivity index is 2.43. The highest BCUT2D eigenvalue weighted by Gasteiger charge is 2.14. The molecule has 0 saturated heterocycles. The second-order valence-electron chi connectivity index (χ2n) is 6.22. The van der Waals surface area contributed by atoms with Gasteiger partial charge in [-0.2, -0.15) is 0 Å². The SMILES string of the molecule is Cc1ccc(NC(=O)NC(=O)CN(C)CC(=O)NC(C)C)c(C)c1. The van der Waals surface area contributed by atoms with E-state index >= 15 is 0 Å². The van der Waals surface area contributed by atoms with E-state index in [0.29, 0.717) is 5.69 Å². The standard InChI is InChI=1S/C17H26N4O3/c1-11(2)18-15(22)9-21(5)10-16(23)20-17(24)19-14-7-6-12(3)8-13(14)4/h6-8,11H,9-10H2,1-5H3,(H,18,22)(H2,19,20,23,24). The van der Waals surface area contributed by atoms with E-state index in [4.69, 9.17) is 0 Å². The van der Waals surface area contributed by atoms with Crippen LogP contribution in [-0.4, -0.2) is 48.9 Å². The van der Waals surface area contributed by atoms with E-state index < -0.39 is 11.9 Å². The Hall–Kier alpha value is -2.41. The molecule has 0 aliphatic carbocycles. The fraction of sp³-hybridized carbons (Fsp3) is 0.471. The number of carbonyl (C=O) groups is 3. The predicted molar refractivity (Wildman–Crippen MR) is 93.9 cm³/mol. The van der Waals surface area contributed by atoms with Gasteiger partial charge in [0.2, 0.25) is 11.8 Å². The number of anilines is 1. The first kappa shape index (κ1) is 19.6. The molecular weight excluding hydrogens is 308 g/mol. The molecule has 0 aliphatic heterocycles. The van der Waals surface area contributed by atoms with E-state index in [1.54, 1.807) is 13.1 Å². The minimum atomic E-state index is -0.591.